The summed E-state index contributed by atoms with van der Waals surface area (Å²) in [5.74, 6) is 0.295. The molecule has 0 atom stereocenters. The van der Waals surface area contributed by atoms with Crippen molar-refractivity contribution in [3.63, 3.8) is 0 Å². The van der Waals surface area contributed by atoms with Crippen molar-refractivity contribution < 1.29 is 19.1 Å². The van der Waals surface area contributed by atoms with Gasteiger partial charge in [-0.05, 0) is 51.8 Å². The molecule has 0 bridgehead atoms. The summed E-state index contributed by atoms with van der Waals surface area (Å²) in [5, 5.41) is 5.67. The SMILES string of the molecule is COc1cc(C(=O)NC2CCCC2)ccc1NC(=O)OC(C)(C)C. The number of anilines is 1. The van der Waals surface area contributed by atoms with Crippen molar-refractivity contribution in [1.29, 1.82) is 0 Å². The van der Waals surface area contributed by atoms with E-state index in [-0.39, 0.29) is 11.9 Å². The van der Waals surface area contributed by atoms with Crippen LogP contribution in [0.4, 0.5) is 10.5 Å². The Morgan fingerprint density at radius 3 is 2.42 bits per heavy atom. The molecule has 0 unspecified atom stereocenters. The van der Waals surface area contributed by atoms with Gasteiger partial charge in [0.05, 0.1) is 12.8 Å². The lowest BCUT2D eigenvalue weighted by Crippen LogP contribution is -2.32. The molecular formula is C18H26N2O4. The smallest absolute Gasteiger partial charge is 0.412 e. The molecule has 1 saturated carbocycles. The van der Waals surface area contributed by atoms with Gasteiger partial charge in [-0.3, -0.25) is 10.1 Å². The van der Waals surface area contributed by atoms with Crippen LogP contribution in [-0.2, 0) is 4.74 Å². The maximum Gasteiger partial charge on any atom is 0.412 e. The van der Waals surface area contributed by atoms with Crippen molar-refractivity contribution >= 4 is 17.7 Å². The lowest BCUT2D eigenvalue weighted by molar-refractivity contribution is 0.0635. The van der Waals surface area contributed by atoms with Crippen LogP contribution in [0.1, 0.15) is 56.8 Å². The summed E-state index contributed by atoms with van der Waals surface area (Å²) in [4.78, 5) is 24.2. The summed E-state index contributed by atoms with van der Waals surface area (Å²) in [6, 6.07) is 5.19. The van der Waals surface area contributed by atoms with Crippen LogP contribution in [0.15, 0.2) is 18.2 Å². The van der Waals surface area contributed by atoms with E-state index in [0.717, 1.165) is 25.7 Å². The van der Waals surface area contributed by atoms with Gasteiger partial charge in [0.25, 0.3) is 5.91 Å². The first-order chi connectivity index (χ1) is 11.3. The van der Waals surface area contributed by atoms with Crippen LogP contribution in [-0.4, -0.2) is 30.8 Å². The molecule has 6 nitrogen and oxygen atoms in total. The van der Waals surface area contributed by atoms with Gasteiger partial charge in [-0.25, -0.2) is 4.79 Å². The zero-order chi connectivity index (χ0) is 17.7. The van der Waals surface area contributed by atoms with Gasteiger partial charge in [0.15, 0.2) is 0 Å². The maximum absolute atomic E-state index is 12.3. The predicted molar refractivity (Wildman–Crippen MR) is 92.6 cm³/mol. The number of hydrogen-bond acceptors (Lipinski definition) is 4. The van der Waals surface area contributed by atoms with Crippen molar-refractivity contribution in [3.8, 4) is 5.75 Å². The first kappa shape index (κ1) is 18.1. The molecule has 0 aliphatic heterocycles. The normalized spacial score (nSPS) is 15.0. The lowest BCUT2D eigenvalue weighted by atomic mass is 10.1. The molecule has 0 saturated heterocycles. The standard InChI is InChI=1S/C18H26N2O4/c1-18(2,3)24-17(22)20-14-10-9-12(11-15(14)23-4)16(21)19-13-7-5-6-8-13/h9-11,13H,5-8H2,1-4H3,(H,19,21)(H,20,22). The Bertz CT molecular complexity index is 602. The summed E-state index contributed by atoms with van der Waals surface area (Å²) in [6.07, 6.45) is 3.81. The van der Waals surface area contributed by atoms with E-state index in [4.69, 9.17) is 9.47 Å². The highest BCUT2D eigenvalue weighted by molar-refractivity contribution is 5.96. The second-order valence-corrected chi connectivity index (χ2v) is 7.00. The number of methoxy groups -OCH3 is 1. The minimum atomic E-state index is -0.585. The van der Waals surface area contributed by atoms with Crippen LogP contribution < -0.4 is 15.4 Å². The molecule has 0 spiro atoms. The summed E-state index contributed by atoms with van der Waals surface area (Å²) < 4.78 is 10.5. The third-order valence-electron chi connectivity index (χ3n) is 3.79. The number of benzene rings is 1. The van der Waals surface area contributed by atoms with Crippen molar-refractivity contribution in [1.82, 2.24) is 5.32 Å². The average Bonchev–Trinajstić information content (AvgIpc) is 2.98. The molecule has 1 aromatic rings. The number of carbonyl (C=O) groups is 2. The highest BCUT2D eigenvalue weighted by Crippen LogP contribution is 2.27. The summed E-state index contributed by atoms with van der Waals surface area (Å²) in [6.45, 7) is 5.38. The van der Waals surface area contributed by atoms with Gasteiger partial charge in [0, 0.05) is 11.6 Å². The molecule has 2 N–H and O–H groups in total. The zero-order valence-electron chi connectivity index (χ0n) is 14.8. The molecule has 1 aliphatic rings. The fourth-order valence-corrected chi connectivity index (χ4v) is 2.69. The van der Waals surface area contributed by atoms with Crippen LogP contribution in [0.2, 0.25) is 0 Å². The van der Waals surface area contributed by atoms with E-state index in [2.05, 4.69) is 10.6 Å². The van der Waals surface area contributed by atoms with Gasteiger partial charge in [0.1, 0.15) is 11.4 Å². The van der Waals surface area contributed by atoms with Crippen molar-refractivity contribution in [2.45, 2.75) is 58.1 Å². The molecule has 6 heteroatoms. The monoisotopic (exact) mass is 334 g/mol. The first-order valence-corrected chi connectivity index (χ1v) is 8.27. The Balaban J connectivity index is 2.06. The molecule has 1 aliphatic carbocycles. The molecule has 132 valence electrons. The fraction of sp³-hybridized carbons (Fsp3) is 0.556. The molecule has 2 rings (SSSR count). The van der Waals surface area contributed by atoms with E-state index >= 15 is 0 Å². The van der Waals surface area contributed by atoms with E-state index in [1.165, 1.54) is 7.11 Å². The number of carbonyl (C=O) groups excluding carboxylic acids is 2. The van der Waals surface area contributed by atoms with Crippen molar-refractivity contribution in [2.75, 3.05) is 12.4 Å². The van der Waals surface area contributed by atoms with Crippen molar-refractivity contribution in [2.24, 2.45) is 0 Å². The maximum atomic E-state index is 12.3. The molecule has 24 heavy (non-hydrogen) atoms. The largest absolute Gasteiger partial charge is 0.495 e. The minimum Gasteiger partial charge on any atom is -0.495 e. The van der Waals surface area contributed by atoms with E-state index in [0.29, 0.717) is 17.0 Å². The highest BCUT2D eigenvalue weighted by Gasteiger charge is 2.20. The molecule has 0 aromatic heterocycles. The molecule has 0 radical (unpaired) electrons. The molecule has 2 amide bonds. The Hall–Kier alpha value is -2.24. The number of hydrogen-bond donors (Lipinski definition) is 2. The van der Waals surface area contributed by atoms with Gasteiger partial charge in [-0.1, -0.05) is 12.8 Å². The van der Waals surface area contributed by atoms with Crippen LogP contribution >= 0.6 is 0 Å². The van der Waals surface area contributed by atoms with Gasteiger partial charge < -0.3 is 14.8 Å². The van der Waals surface area contributed by atoms with Gasteiger partial charge in [-0.2, -0.15) is 0 Å². The topological polar surface area (TPSA) is 76.7 Å². The zero-order valence-corrected chi connectivity index (χ0v) is 14.8. The molecule has 1 aromatic carbocycles. The molecular weight excluding hydrogens is 308 g/mol. The van der Waals surface area contributed by atoms with Gasteiger partial charge in [0.2, 0.25) is 0 Å². The van der Waals surface area contributed by atoms with Crippen LogP contribution in [0, 0.1) is 0 Å². The Labute approximate surface area is 142 Å². The van der Waals surface area contributed by atoms with E-state index in [9.17, 15) is 9.59 Å². The van der Waals surface area contributed by atoms with Crippen LogP contribution in [0.5, 0.6) is 5.75 Å². The number of nitrogens with one attached hydrogen (secondary N) is 2. The predicted octanol–water partition coefficient (Wildman–Crippen LogP) is 3.71. The van der Waals surface area contributed by atoms with Gasteiger partial charge >= 0.3 is 6.09 Å². The average molecular weight is 334 g/mol. The summed E-state index contributed by atoms with van der Waals surface area (Å²) in [5.41, 5.74) is 0.385. The molecule has 1 fully saturated rings. The summed E-state index contributed by atoms with van der Waals surface area (Å²) in [7, 11) is 1.49. The second kappa shape index (κ2) is 7.55. The summed E-state index contributed by atoms with van der Waals surface area (Å²) >= 11 is 0. The van der Waals surface area contributed by atoms with Crippen LogP contribution in [0.3, 0.4) is 0 Å². The Morgan fingerprint density at radius 1 is 1.17 bits per heavy atom. The van der Waals surface area contributed by atoms with E-state index < -0.39 is 11.7 Å². The second-order valence-electron chi connectivity index (χ2n) is 7.00. The number of rotatable bonds is 4. The number of ether oxygens (including phenoxy) is 2. The Morgan fingerprint density at radius 2 is 1.83 bits per heavy atom. The van der Waals surface area contributed by atoms with E-state index in [1.807, 2.05) is 0 Å². The highest BCUT2D eigenvalue weighted by atomic mass is 16.6. The Kier molecular flexibility index (Phi) is 5.70. The lowest BCUT2D eigenvalue weighted by Gasteiger charge is -2.20. The first-order valence-electron chi connectivity index (χ1n) is 8.27. The van der Waals surface area contributed by atoms with Crippen LogP contribution in [0.25, 0.3) is 0 Å². The molecule has 0 heterocycles. The quantitative estimate of drug-likeness (QED) is 0.880. The third kappa shape index (κ3) is 5.15. The minimum absolute atomic E-state index is 0.121. The van der Waals surface area contributed by atoms with Gasteiger partial charge in [-0.15, -0.1) is 0 Å². The number of amides is 2. The fourth-order valence-electron chi connectivity index (χ4n) is 2.69. The third-order valence-corrected chi connectivity index (χ3v) is 3.79. The van der Waals surface area contributed by atoms with E-state index in [1.54, 1.807) is 39.0 Å². The van der Waals surface area contributed by atoms with Crippen molar-refractivity contribution in [3.05, 3.63) is 23.8 Å².